The molecule has 84 valence electrons. The van der Waals surface area contributed by atoms with E-state index in [0.29, 0.717) is 25.4 Å². The van der Waals surface area contributed by atoms with Gasteiger partial charge in [-0.2, -0.15) is 5.10 Å². The van der Waals surface area contributed by atoms with Crippen molar-refractivity contribution < 1.29 is 9.53 Å². The monoisotopic (exact) mass is 212 g/mol. The van der Waals surface area contributed by atoms with Gasteiger partial charge in [-0.25, -0.2) is 0 Å². The number of amides is 1. The van der Waals surface area contributed by atoms with Gasteiger partial charge in [0.05, 0.1) is 12.3 Å². The molecule has 3 N–H and O–H groups in total. The average Bonchev–Trinajstić information content (AvgIpc) is 2.52. The zero-order chi connectivity index (χ0) is 11.3. The molecular formula is C9H16N4O2. The smallest absolute Gasteiger partial charge is 0.274 e. The largest absolute Gasteiger partial charge is 0.396 e. The van der Waals surface area contributed by atoms with Crippen molar-refractivity contribution in [1.29, 1.82) is 0 Å². The van der Waals surface area contributed by atoms with E-state index in [1.165, 1.54) is 4.68 Å². The number of carbonyl (C=O) groups excluding carboxylic acids is 1. The molecule has 0 saturated carbocycles. The molecule has 0 aromatic carbocycles. The van der Waals surface area contributed by atoms with Crippen LogP contribution in [0, 0.1) is 0 Å². The number of hydrogen-bond donors (Lipinski definition) is 2. The standard InChI is InChI=1S/C9H16N4O2/c1-3-15-5-4-11-9(14)8-7(10)6-13(2)12-8/h6H,3-5,10H2,1-2H3,(H,11,14). The van der Waals surface area contributed by atoms with Gasteiger partial charge in [0.1, 0.15) is 0 Å². The lowest BCUT2D eigenvalue weighted by atomic mass is 10.3. The molecule has 1 rings (SSSR count). The summed E-state index contributed by atoms with van der Waals surface area (Å²) in [5.74, 6) is -0.271. The molecule has 0 spiro atoms. The molecule has 0 aliphatic rings. The SMILES string of the molecule is CCOCCNC(=O)c1nn(C)cc1N. The van der Waals surface area contributed by atoms with Crippen LogP contribution in [0.1, 0.15) is 17.4 Å². The first-order chi connectivity index (χ1) is 7.15. The predicted molar refractivity (Wildman–Crippen MR) is 56.4 cm³/mol. The Balaban J connectivity index is 2.43. The lowest BCUT2D eigenvalue weighted by Crippen LogP contribution is -2.28. The Morgan fingerprint density at radius 1 is 1.73 bits per heavy atom. The van der Waals surface area contributed by atoms with Crippen molar-refractivity contribution in [3.63, 3.8) is 0 Å². The van der Waals surface area contributed by atoms with Gasteiger partial charge in [-0.1, -0.05) is 0 Å². The third-order valence-corrected chi connectivity index (χ3v) is 1.81. The summed E-state index contributed by atoms with van der Waals surface area (Å²) in [4.78, 5) is 11.5. The lowest BCUT2D eigenvalue weighted by molar-refractivity contribution is 0.0918. The highest BCUT2D eigenvalue weighted by molar-refractivity contribution is 5.96. The summed E-state index contributed by atoms with van der Waals surface area (Å²) in [7, 11) is 1.72. The summed E-state index contributed by atoms with van der Waals surface area (Å²) < 4.78 is 6.59. The predicted octanol–water partition coefficient (Wildman–Crippen LogP) is -0.231. The van der Waals surface area contributed by atoms with Crippen molar-refractivity contribution in [2.45, 2.75) is 6.92 Å². The van der Waals surface area contributed by atoms with Crippen molar-refractivity contribution in [2.24, 2.45) is 7.05 Å². The van der Waals surface area contributed by atoms with Gasteiger partial charge in [-0.3, -0.25) is 9.48 Å². The molecule has 0 aliphatic heterocycles. The van der Waals surface area contributed by atoms with E-state index in [4.69, 9.17) is 10.5 Å². The number of nitrogens with zero attached hydrogens (tertiary/aromatic N) is 2. The summed E-state index contributed by atoms with van der Waals surface area (Å²) >= 11 is 0. The summed E-state index contributed by atoms with van der Waals surface area (Å²) in [5.41, 5.74) is 6.24. The number of nitrogen functional groups attached to an aromatic ring is 1. The van der Waals surface area contributed by atoms with E-state index in [2.05, 4.69) is 10.4 Å². The summed E-state index contributed by atoms with van der Waals surface area (Å²) in [6.45, 7) is 3.50. The minimum absolute atomic E-state index is 0.258. The van der Waals surface area contributed by atoms with E-state index in [9.17, 15) is 4.79 Å². The number of anilines is 1. The molecule has 0 unspecified atom stereocenters. The number of rotatable bonds is 5. The van der Waals surface area contributed by atoms with Gasteiger partial charge in [0.15, 0.2) is 5.69 Å². The fourth-order valence-corrected chi connectivity index (χ4v) is 1.15. The van der Waals surface area contributed by atoms with Gasteiger partial charge in [0, 0.05) is 26.4 Å². The van der Waals surface area contributed by atoms with E-state index < -0.39 is 0 Å². The van der Waals surface area contributed by atoms with Crippen LogP contribution < -0.4 is 11.1 Å². The quantitative estimate of drug-likeness (QED) is 0.660. The van der Waals surface area contributed by atoms with Crippen LogP contribution >= 0.6 is 0 Å². The number of nitrogens with two attached hydrogens (primary N) is 1. The Labute approximate surface area is 88.4 Å². The van der Waals surface area contributed by atoms with Crippen LogP contribution in [0.25, 0.3) is 0 Å². The third-order valence-electron chi connectivity index (χ3n) is 1.81. The summed E-state index contributed by atoms with van der Waals surface area (Å²) in [5, 5.41) is 6.62. The first kappa shape index (κ1) is 11.5. The van der Waals surface area contributed by atoms with Gasteiger partial charge >= 0.3 is 0 Å². The molecule has 0 aliphatic carbocycles. The van der Waals surface area contributed by atoms with Crippen LogP contribution in [0.4, 0.5) is 5.69 Å². The number of aromatic nitrogens is 2. The van der Waals surface area contributed by atoms with E-state index >= 15 is 0 Å². The number of ether oxygens (including phenoxy) is 1. The molecule has 6 heteroatoms. The van der Waals surface area contributed by atoms with Crippen molar-refractivity contribution >= 4 is 11.6 Å². The first-order valence-electron chi connectivity index (χ1n) is 4.80. The number of carbonyl (C=O) groups is 1. The topological polar surface area (TPSA) is 82.2 Å². The maximum Gasteiger partial charge on any atom is 0.274 e. The fraction of sp³-hybridized carbons (Fsp3) is 0.556. The van der Waals surface area contributed by atoms with E-state index in [1.807, 2.05) is 6.92 Å². The molecule has 0 atom stereocenters. The number of nitrogens with one attached hydrogen (secondary N) is 1. The number of hydrogen-bond acceptors (Lipinski definition) is 4. The van der Waals surface area contributed by atoms with Crippen molar-refractivity contribution in [2.75, 3.05) is 25.5 Å². The van der Waals surface area contributed by atoms with Crippen LogP contribution in [-0.4, -0.2) is 35.4 Å². The van der Waals surface area contributed by atoms with Crippen LogP contribution in [0.15, 0.2) is 6.20 Å². The molecular weight excluding hydrogens is 196 g/mol. The second-order valence-corrected chi connectivity index (χ2v) is 3.06. The Kier molecular flexibility index (Phi) is 4.11. The summed E-state index contributed by atoms with van der Waals surface area (Å²) in [6, 6.07) is 0. The van der Waals surface area contributed by atoms with Gasteiger partial charge < -0.3 is 15.8 Å². The highest BCUT2D eigenvalue weighted by atomic mass is 16.5. The van der Waals surface area contributed by atoms with Crippen molar-refractivity contribution in [3.8, 4) is 0 Å². The minimum Gasteiger partial charge on any atom is -0.396 e. The van der Waals surface area contributed by atoms with Crippen molar-refractivity contribution in [1.82, 2.24) is 15.1 Å². The van der Waals surface area contributed by atoms with Crippen LogP contribution in [0.2, 0.25) is 0 Å². The Hall–Kier alpha value is -1.56. The highest BCUT2D eigenvalue weighted by Gasteiger charge is 2.12. The van der Waals surface area contributed by atoms with Gasteiger partial charge in [-0.05, 0) is 6.92 Å². The maximum atomic E-state index is 11.5. The van der Waals surface area contributed by atoms with E-state index in [-0.39, 0.29) is 11.6 Å². The van der Waals surface area contributed by atoms with Crippen LogP contribution in [-0.2, 0) is 11.8 Å². The van der Waals surface area contributed by atoms with Gasteiger partial charge in [0.25, 0.3) is 5.91 Å². The average molecular weight is 212 g/mol. The van der Waals surface area contributed by atoms with E-state index in [1.54, 1.807) is 13.2 Å². The van der Waals surface area contributed by atoms with Gasteiger partial charge in [-0.15, -0.1) is 0 Å². The molecule has 15 heavy (non-hydrogen) atoms. The Morgan fingerprint density at radius 2 is 2.47 bits per heavy atom. The highest BCUT2D eigenvalue weighted by Crippen LogP contribution is 2.06. The third kappa shape index (κ3) is 3.25. The Morgan fingerprint density at radius 3 is 3.00 bits per heavy atom. The number of aryl methyl sites for hydroxylation is 1. The molecule has 1 aromatic heterocycles. The molecule has 1 amide bonds. The summed E-state index contributed by atoms with van der Waals surface area (Å²) in [6.07, 6.45) is 1.59. The molecule has 0 saturated heterocycles. The normalized spacial score (nSPS) is 10.3. The van der Waals surface area contributed by atoms with Gasteiger partial charge in [0.2, 0.25) is 0 Å². The fourth-order valence-electron chi connectivity index (χ4n) is 1.15. The zero-order valence-corrected chi connectivity index (χ0v) is 8.99. The maximum absolute atomic E-state index is 11.5. The minimum atomic E-state index is -0.271. The molecule has 0 radical (unpaired) electrons. The second kappa shape index (κ2) is 5.35. The zero-order valence-electron chi connectivity index (χ0n) is 8.99. The molecule has 0 bridgehead atoms. The molecule has 0 fully saturated rings. The second-order valence-electron chi connectivity index (χ2n) is 3.06. The Bertz CT molecular complexity index is 335. The van der Waals surface area contributed by atoms with Crippen LogP contribution in [0.3, 0.4) is 0 Å². The van der Waals surface area contributed by atoms with E-state index in [0.717, 1.165) is 0 Å². The van der Waals surface area contributed by atoms with Crippen LogP contribution in [0.5, 0.6) is 0 Å². The molecule has 6 nitrogen and oxygen atoms in total. The molecule has 1 aromatic rings. The van der Waals surface area contributed by atoms with Crippen molar-refractivity contribution in [3.05, 3.63) is 11.9 Å². The first-order valence-corrected chi connectivity index (χ1v) is 4.80. The lowest BCUT2D eigenvalue weighted by Gasteiger charge is -2.03. The molecule has 1 heterocycles.